The Morgan fingerprint density at radius 3 is 2.71 bits per heavy atom. The SMILES string of the molecule is NC(=O)/C=C/c1cc(Cl)c(F)c([N+](=O)[O-])c1O. The lowest BCUT2D eigenvalue weighted by Gasteiger charge is -2.03. The van der Waals surface area contributed by atoms with Gasteiger partial charge in [-0.15, -0.1) is 0 Å². The molecule has 1 aromatic rings. The van der Waals surface area contributed by atoms with Crippen molar-refractivity contribution in [1.29, 1.82) is 0 Å². The smallest absolute Gasteiger partial charge is 0.348 e. The minimum Gasteiger partial charge on any atom is -0.502 e. The molecule has 0 atom stereocenters. The van der Waals surface area contributed by atoms with E-state index in [0.29, 0.717) is 0 Å². The third-order valence-electron chi connectivity index (χ3n) is 1.81. The third-order valence-corrected chi connectivity index (χ3v) is 2.08. The monoisotopic (exact) mass is 260 g/mol. The number of nitro benzene ring substituents is 1. The van der Waals surface area contributed by atoms with E-state index < -0.39 is 33.1 Å². The van der Waals surface area contributed by atoms with Crippen LogP contribution in [0.4, 0.5) is 10.1 Å². The van der Waals surface area contributed by atoms with Crippen molar-refractivity contribution in [2.45, 2.75) is 0 Å². The van der Waals surface area contributed by atoms with Crippen LogP contribution in [-0.2, 0) is 4.79 Å². The van der Waals surface area contributed by atoms with Gasteiger partial charge in [0.1, 0.15) is 0 Å². The zero-order valence-electron chi connectivity index (χ0n) is 8.18. The van der Waals surface area contributed by atoms with Gasteiger partial charge in [0.15, 0.2) is 0 Å². The lowest BCUT2D eigenvalue weighted by molar-refractivity contribution is -0.388. The lowest BCUT2D eigenvalue weighted by Crippen LogP contribution is -2.05. The molecule has 0 saturated carbocycles. The van der Waals surface area contributed by atoms with E-state index in [1.807, 2.05) is 0 Å². The van der Waals surface area contributed by atoms with Gasteiger partial charge in [0.2, 0.25) is 17.5 Å². The fraction of sp³-hybridized carbons (Fsp3) is 0. The maximum atomic E-state index is 13.2. The van der Waals surface area contributed by atoms with Crippen LogP contribution in [0.25, 0.3) is 6.08 Å². The summed E-state index contributed by atoms with van der Waals surface area (Å²) in [5, 5.41) is 19.4. The van der Waals surface area contributed by atoms with E-state index in [1.165, 1.54) is 0 Å². The summed E-state index contributed by atoms with van der Waals surface area (Å²) in [6.07, 6.45) is 1.85. The second-order valence-corrected chi connectivity index (χ2v) is 3.36. The second-order valence-electron chi connectivity index (χ2n) is 2.95. The van der Waals surface area contributed by atoms with Crippen LogP contribution in [0.1, 0.15) is 5.56 Å². The van der Waals surface area contributed by atoms with E-state index in [4.69, 9.17) is 17.3 Å². The number of amides is 1. The van der Waals surface area contributed by atoms with Gasteiger partial charge in [0.05, 0.1) is 9.95 Å². The molecule has 0 aliphatic carbocycles. The number of hydrogen-bond acceptors (Lipinski definition) is 4. The summed E-state index contributed by atoms with van der Waals surface area (Å²) in [7, 11) is 0. The Hall–Kier alpha value is -2.15. The van der Waals surface area contributed by atoms with Crippen molar-refractivity contribution in [2.24, 2.45) is 5.73 Å². The van der Waals surface area contributed by atoms with Gasteiger partial charge in [0, 0.05) is 11.6 Å². The molecule has 1 amide bonds. The highest BCUT2D eigenvalue weighted by Crippen LogP contribution is 2.37. The molecule has 0 fully saturated rings. The molecule has 17 heavy (non-hydrogen) atoms. The summed E-state index contributed by atoms with van der Waals surface area (Å²) in [6.45, 7) is 0. The molecule has 0 spiro atoms. The number of phenolic OH excluding ortho intramolecular Hbond substituents is 1. The van der Waals surface area contributed by atoms with Gasteiger partial charge in [-0.05, 0) is 12.1 Å². The largest absolute Gasteiger partial charge is 0.502 e. The van der Waals surface area contributed by atoms with Gasteiger partial charge in [0.25, 0.3) is 0 Å². The van der Waals surface area contributed by atoms with Crippen molar-refractivity contribution in [3.05, 3.63) is 38.7 Å². The van der Waals surface area contributed by atoms with Crippen LogP contribution in [-0.4, -0.2) is 15.9 Å². The Morgan fingerprint density at radius 1 is 1.65 bits per heavy atom. The number of primary amides is 1. The molecule has 3 N–H and O–H groups in total. The first-order chi connectivity index (χ1) is 7.84. The molecule has 8 heteroatoms. The first-order valence-corrected chi connectivity index (χ1v) is 4.55. The average Bonchev–Trinajstić information content (AvgIpc) is 2.21. The minimum absolute atomic E-state index is 0.179. The van der Waals surface area contributed by atoms with Crippen molar-refractivity contribution in [3.63, 3.8) is 0 Å². The number of benzene rings is 1. The Kier molecular flexibility index (Phi) is 3.64. The van der Waals surface area contributed by atoms with E-state index in [-0.39, 0.29) is 5.56 Å². The number of rotatable bonds is 3. The van der Waals surface area contributed by atoms with Gasteiger partial charge in [-0.2, -0.15) is 4.39 Å². The van der Waals surface area contributed by atoms with Crippen LogP contribution in [0.3, 0.4) is 0 Å². The number of hydrogen-bond donors (Lipinski definition) is 2. The number of nitrogens with two attached hydrogens (primary N) is 1. The van der Waals surface area contributed by atoms with Gasteiger partial charge in [-0.3, -0.25) is 14.9 Å². The van der Waals surface area contributed by atoms with E-state index in [0.717, 1.165) is 18.2 Å². The zero-order valence-corrected chi connectivity index (χ0v) is 8.94. The van der Waals surface area contributed by atoms with Crippen LogP contribution < -0.4 is 5.73 Å². The number of aromatic hydroxyl groups is 1. The maximum absolute atomic E-state index is 13.2. The van der Waals surface area contributed by atoms with Crippen LogP contribution in [0.2, 0.25) is 5.02 Å². The van der Waals surface area contributed by atoms with Crippen molar-refractivity contribution < 1.29 is 19.2 Å². The molecule has 0 heterocycles. The summed E-state index contributed by atoms with van der Waals surface area (Å²) in [5.41, 5.74) is 3.48. The summed E-state index contributed by atoms with van der Waals surface area (Å²) >= 11 is 5.41. The number of nitro groups is 1. The molecule has 0 aromatic heterocycles. The number of phenols is 1. The first kappa shape index (κ1) is 12.9. The minimum atomic E-state index is -1.34. The van der Waals surface area contributed by atoms with Crippen molar-refractivity contribution in [2.75, 3.05) is 0 Å². The van der Waals surface area contributed by atoms with Crippen molar-refractivity contribution in [1.82, 2.24) is 0 Å². The molecule has 1 aromatic carbocycles. The molecule has 0 aliphatic heterocycles. The fourth-order valence-corrected chi connectivity index (χ4v) is 1.29. The molecular formula is C9H6ClFN2O4. The molecular weight excluding hydrogens is 255 g/mol. The Labute approximate surface area is 99.3 Å². The standard InChI is InChI=1S/C9H6ClFN2O4/c10-5-3-4(1-2-6(12)14)9(15)8(7(5)11)13(16)17/h1-3,15H,(H2,12,14)/b2-1+. The Bertz CT molecular complexity index is 530. The van der Waals surface area contributed by atoms with Crippen LogP contribution in [0.5, 0.6) is 5.75 Å². The predicted octanol–water partition coefficient (Wildman–Crippen LogP) is 1.59. The lowest BCUT2D eigenvalue weighted by atomic mass is 10.1. The molecule has 6 nitrogen and oxygen atoms in total. The molecule has 90 valence electrons. The molecule has 0 unspecified atom stereocenters. The number of halogens is 2. The topological polar surface area (TPSA) is 106 Å². The van der Waals surface area contributed by atoms with Crippen molar-refractivity contribution >= 4 is 29.3 Å². The van der Waals surface area contributed by atoms with E-state index in [9.17, 15) is 24.4 Å². The van der Waals surface area contributed by atoms with E-state index in [1.54, 1.807) is 0 Å². The predicted molar refractivity (Wildman–Crippen MR) is 58.0 cm³/mol. The number of nitrogens with zero attached hydrogens (tertiary/aromatic N) is 1. The number of carbonyl (C=O) groups excluding carboxylic acids is 1. The molecule has 0 aliphatic rings. The fourth-order valence-electron chi connectivity index (χ4n) is 1.09. The zero-order chi connectivity index (χ0) is 13.2. The summed E-state index contributed by atoms with van der Waals surface area (Å²) in [4.78, 5) is 19.9. The second kappa shape index (κ2) is 4.79. The third kappa shape index (κ3) is 2.70. The maximum Gasteiger partial charge on any atom is 0.348 e. The highest BCUT2D eigenvalue weighted by atomic mass is 35.5. The van der Waals surface area contributed by atoms with Gasteiger partial charge in [-0.25, -0.2) is 0 Å². The van der Waals surface area contributed by atoms with Gasteiger partial charge >= 0.3 is 5.69 Å². The summed E-state index contributed by atoms with van der Waals surface area (Å²) in [5.74, 6) is -3.09. The van der Waals surface area contributed by atoms with Crippen LogP contribution in [0, 0.1) is 15.9 Å². The molecule has 1 rings (SSSR count). The van der Waals surface area contributed by atoms with Crippen LogP contribution in [0.15, 0.2) is 12.1 Å². The number of carbonyl (C=O) groups is 1. The van der Waals surface area contributed by atoms with E-state index in [2.05, 4.69) is 0 Å². The average molecular weight is 261 g/mol. The quantitative estimate of drug-likeness (QED) is 0.489. The van der Waals surface area contributed by atoms with Gasteiger partial charge in [-0.1, -0.05) is 11.6 Å². The summed E-state index contributed by atoms with van der Waals surface area (Å²) in [6, 6.07) is 0.943. The normalized spacial score (nSPS) is 10.7. The highest BCUT2D eigenvalue weighted by Gasteiger charge is 2.25. The molecule has 0 bridgehead atoms. The van der Waals surface area contributed by atoms with E-state index >= 15 is 0 Å². The Balaban J connectivity index is 3.44. The Morgan fingerprint density at radius 2 is 2.24 bits per heavy atom. The highest BCUT2D eigenvalue weighted by molar-refractivity contribution is 6.31. The first-order valence-electron chi connectivity index (χ1n) is 4.17. The molecule has 0 radical (unpaired) electrons. The van der Waals surface area contributed by atoms with Crippen molar-refractivity contribution in [3.8, 4) is 5.75 Å². The molecule has 0 saturated heterocycles. The van der Waals surface area contributed by atoms with Gasteiger partial charge < -0.3 is 10.8 Å². The van der Waals surface area contributed by atoms with Crippen LogP contribution >= 0.6 is 11.6 Å². The summed E-state index contributed by atoms with van der Waals surface area (Å²) < 4.78 is 13.2.